The Morgan fingerprint density at radius 3 is 2.31 bits per heavy atom. The van der Waals surface area contributed by atoms with E-state index >= 15 is 0 Å². The fourth-order valence-electron chi connectivity index (χ4n) is 3.96. The second kappa shape index (κ2) is 10.0. The van der Waals surface area contributed by atoms with Crippen LogP contribution in [0.15, 0.2) is 22.6 Å². The molecule has 3 N–H and O–H groups in total. The van der Waals surface area contributed by atoms with Crippen LogP contribution in [-0.4, -0.2) is 16.0 Å². The van der Waals surface area contributed by atoms with Crippen molar-refractivity contribution in [2.75, 3.05) is 0 Å². The van der Waals surface area contributed by atoms with E-state index in [2.05, 4.69) is 36.2 Å². The van der Waals surface area contributed by atoms with Crippen molar-refractivity contribution in [1.82, 2.24) is 10.2 Å². The van der Waals surface area contributed by atoms with Crippen molar-refractivity contribution >= 4 is 5.84 Å². The van der Waals surface area contributed by atoms with Crippen LogP contribution in [0.2, 0.25) is 0 Å². The number of nitrogens with zero attached hydrogens (tertiary/aromatic N) is 2. The van der Waals surface area contributed by atoms with Gasteiger partial charge >= 0.3 is 0 Å². The highest BCUT2D eigenvalue weighted by Crippen LogP contribution is 2.47. The molecule has 1 aliphatic rings. The van der Waals surface area contributed by atoms with Crippen molar-refractivity contribution in [3.05, 3.63) is 35.2 Å². The summed E-state index contributed by atoms with van der Waals surface area (Å²) in [5.74, 6) is 1.14. The molecule has 1 aromatic heterocycles. The standard InChI is InChI=1S/C24H36N4O/c1-3-4-5-6-7-8-9-10-11-12-19-17-20(14-13-18(19)2)21-27-28-23(29-21)24(15-16-24)22(25)26/h13-14,17H,3-12,15-16H2,1-2H3,(H3,25,26). The molecule has 2 aromatic rings. The molecule has 158 valence electrons. The van der Waals surface area contributed by atoms with Crippen LogP contribution in [0.3, 0.4) is 0 Å². The molecule has 0 aliphatic heterocycles. The number of aromatic nitrogens is 2. The number of benzene rings is 1. The Morgan fingerprint density at radius 1 is 1.03 bits per heavy atom. The molecular weight excluding hydrogens is 360 g/mol. The molecule has 0 saturated heterocycles. The van der Waals surface area contributed by atoms with Gasteiger partial charge in [-0.25, -0.2) is 0 Å². The van der Waals surface area contributed by atoms with E-state index in [0.717, 1.165) is 24.8 Å². The van der Waals surface area contributed by atoms with E-state index in [0.29, 0.717) is 11.8 Å². The lowest BCUT2D eigenvalue weighted by molar-refractivity contribution is 0.485. The summed E-state index contributed by atoms with van der Waals surface area (Å²) < 4.78 is 5.91. The first-order valence-corrected chi connectivity index (χ1v) is 11.3. The van der Waals surface area contributed by atoms with Crippen molar-refractivity contribution in [2.24, 2.45) is 5.73 Å². The highest BCUT2D eigenvalue weighted by atomic mass is 16.4. The molecular formula is C24H36N4O. The van der Waals surface area contributed by atoms with E-state index in [4.69, 9.17) is 15.6 Å². The van der Waals surface area contributed by atoms with Crippen LogP contribution in [0.4, 0.5) is 0 Å². The molecule has 0 spiro atoms. The zero-order valence-corrected chi connectivity index (χ0v) is 18.1. The van der Waals surface area contributed by atoms with E-state index in [1.807, 2.05) is 6.07 Å². The zero-order chi connectivity index (χ0) is 20.7. The van der Waals surface area contributed by atoms with Gasteiger partial charge in [0.25, 0.3) is 0 Å². The van der Waals surface area contributed by atoms with Crippen molar-refractivity contribution in [1.29, 1.82) is 5.41 Å². The molecule has 1 aromatic carbocycles. The number of aryl methyl sites for hydroxylation is 2. The Balaban J connectivity index is 1.50. The number of rotatable bonds is 13. The summed E-state index contributed by atoms with van der Waals surface area (Å²) in [5.41, 5.74) is 8.86. The van der Waals surface area contributed by atoms with Gasteiger partial charge in [-0.05, 0) is 55.9 Å². The molecule has 1 saturated carbocycles. The summed E-state index contributed by atoms with van der Waals surface area (Å²) in [5, 5.41) is 16.2. The molecule has 29 heavy (non-hydrogen) atoms. The first-order chi connectivity index (χ1) is 14.1. The normalized spacial score (nSPS) is 14.8. The van der Waals surface area contributed by atoms with Crippen molar-refractivity contribution in [2.45, 2.75) is 96.3 Å². The maximum Gasteiger partial charge on any atom is 0.247 e. The zero-order valence-electron chi connectivity index (χ0n) is 18.1. The van der Waals surface area contributed by atoms with Gasteiger partial charge < -0.3 is 10.2 Å². The van der Waals surface area contributed by atoms with E-state index < -0.39 is 5.41 Å². The maximum atomic E-state index is 7.79. The minimum Gasteiger partial charge on any atom is -0.420 e. The second-order valence-electron chi connectivity index (χ2n) is 8.63. The van der Waals surface area contributed by atoms with Gasteiger partial charge in [-0.1, -0.05) is 64.4 Å². The Morgan fingerprint density at radius 2 is 1.69 bits per heavy atom. The molecule has 1 aliphatic carbocycles. The van der Waals surface area contributed by atoms with Gasteiger partial charge in [0, 0.05) is 5.56 Å². The minimum atomic E-state index is -0.505. The first-order valence-electron chi connectivity index (χ1n) is 11.3. The molecule has 0 atom stereocenters. The second-order valence-corrected chi connectivity index (χ2v) is 8.63. The van der Waals surface area contributed by atoms with Crippen LogP contribution >= 0.6 is 0 Å². The van der Waals surface area contributed by atoms with Crippen LogP contribution in [-0.2, 0) is 11.8 Å². The van der Waals surface area contributed by atoms with Gasteiger partial charge in [0.2, 0.25) is 11.8 Å². The van der Waals surface area contributed by atoms with Crippen LogP contribution in [0.1, 0.15) is 94.6 Å². The largest absolute Gasteiger partial charge is 0.420 e. The third-order valence-electron chi connectivity index (χ3n) is 6.25. The number of hydrogen-bond donors (Lipinski definition) is 2. The summed E-state index contributed by atoms with van der Waals surface area (Å²) in [6.45, 7) is 4.44. The van der Waals surface area contributed by atoms with E-state index in [-0.39, 0.29) is 5.84 Å². The molecule has 1 heterocycles. The highest BCUT2D eigenvalue weighted by Gasteiger charge is 2.52. The highest BCUT2D eigenvalue weighted by molar-refractivity contribution is 5.91. The van der Waals surface area contributed by atoms with Crippen molar-refractivity contribution < 1.29 is 4.42 Å². The number of unbranched alkanes of at least 4 members (excludes halogenated alkanes) is 8. The Labute approximate surface area is 175 Å². The van der Waals surface area contributed by atoms with Crippen LogP contribution in [0.5, 0.6) is 0 Å². The number of nitrogens with one attached hydrogen (secondary N) is 1. The summed E-state index contributed by atoms with van der Waals surface area (Å²) >= 11 is 0. The molecule has 5 heteroatoms. The van der Waals surface area contributed by atoms with Crippen molar-refractivity contribution in [3.63, 3.8) is 0 Å². The summed E-state index contributed by atoms with van der Waals surface area (Å²) in [6.07, 6.45) is 14.8. The molecule has 0 amide bonds. The van der Waals surface area contributed by atoms with Gasteiger partial charge in [0.1, 0.15) is 11.3 Å². The number of hydrogen-bond acceptors (Lipinski definition) is 4. The van der Waals surface area contributed by atoms with Gasteiger partial charge in [0.05, 0.1) is 0 Å². The van der Waals surface area contributed by atoms with Crippen LogP contribution in [0, 0.1) is 12.3 Å². The molecule has 0 bridgehead atoms. The van der Waals surface area contributed by atoms with Crippen LogP contribution < -0.4 is 5.73 Å². The summed E-state index contributed by atoms with van der Waals surface area (Å²) in [4.78, 5) is 0. The SMILES string of the molecule is CCCCCCCCCCCc1cc(-c2nnc(C3(C(=N)N)CC3)o2)ccc1C. The van der Waals surface area contributed by atoms with Crippen molar-refractivity contribution in [3.8, 4) is 11.5 Å². The van der Waals surface area contributed by atoms with Gasteiger partial charge in [0.15, 0.2) is 0 Å². The number of nitrogens with two attached hydrogens (primary N) is 1. The monoisotopic (exact) mass is 396 g/mol. The summed E-state index contributed by atoms with van der Waals surface area (Å²) in [7, 11) is 0. The maximum absolute atomic E-state index is 7.79. The van der Waals surface area contributed by atoms with Gasteiger partial charge in [-0.2, -0.15) is 0 Å². The average molecular weight is 397 g/mol. The fourth-order valence-corrected chi connectivity index (χ4v) is 3.96. The summed E-state index contributed by atoms with van der Waals surface area (Å²) in [6, 6.07) is 6.37. The first kappa shape index (κ1) is 21.5. The molecule has 1 fully saturated rings. The molecule has 0 unspecified atom stereocenters. The average Bonchev–Trinajstić information content (AvgIpc) is 3.39. The fraction of sp³-hybridized carbons (Fsp3) is 0.625. The Hall–Kier alpha value is -2.17. The van der Waals surface area contributed by atoms with E-state index in [1.165, 1.54) is 68.9 Å². The van der Waals surface area contributed by atoms with E-state index in [9.17, 15) is 0 Å². The Kier molecular flexibility index (Phi) is 7.45. The molecule has 5 nitrogen and oxygen atoms in total. The quantitative estimate of drug-likeness (QED) is 0.244. The third-order valence-corrected chi connectivity index (χ3v) is 6.25. The lowest BCUT2D eigenvalue weighted by Crippen LogP contribution is -2.27. The number of amidine groups is 1. The van der Waals surface area contributed by atoms with Gasteiger partial charge in [-0.3, -0.25) is 5.41 Å². The third kappa shape index (κ3) is 5.46. The molecule has 3 rings (SSSR count). The molecule has 0 radical (unpaired) electrons. The van der Waals surface area contributed by atoms with E-state index in [1.54, 1.807) is 0 Å². The predicted octanol–water partition coefficient (Wildman–Crippen LogP) is 6.09. The predicted molar refractivity (Wildman–Crippen MR) is 118 cm³/mol. The lowest BCUT2D eigenvalue weighted by Gasteiger charge is -2.08. The van der Waals surface area contributed by atoms with Gasteiger partial charge in [-0.15, -0.1) is 10.2 Å². The topological polar surface area (TPSA) is 88.8 Å². The Bertz CT molecular complexity index is 807. The van der Waals surface area contributed by atoms with Crippen LogP contribution in [0.25, 0.3) is 11.5 Å². The lowest BCUT2D eigenvalue weighted by atomic mass is 9.98. The smallest absolute Gasteiger partial charge is 0.247 e. The minimum absolute atomic E-state index is 0.127.